The number of nitrogens with zero attached hydrogens (tertiary/aromatic N) is 1. The number of anilines is 1. The van der Waals surface area contributed by atoms with E-state index in [4.69, 9.17) is 9.47 Å². The Morgan fingerprint density at radius 3 is 2.75 bits per heavy atom. The van der Waals surface area contributed by atoms with E-state index in [9.17, 15) is 13.6 Å². The zero-order valence-electron chi connectivity index (χ0n) is 14.2. The monoisotopic (exact) mass is 353 g/mol. The Morgan fingerprint density at radius 1 is 1.38 bits per heavy atom. The van der Waals surface area contributed by atoms with Crippen LogP contribution in [0.15, 0.2) is 18.2 Å². The third kappa shape index (κ3) is 2.80. The van der Waals surface area contributed by atoms with Crippen LogP contribution in [0, 0.1) is 0 Å². The maximum Gasteiger partial charge on any atom is 0.332 e. The summed E-state index contributed by atoms with van der Waals surface area (Å²) in [6, 6.07) is 5.48. The molecule has 2 aliphatic rings. The predicted molar refractivity (Wildman–Crippen MR) is 91.4 cm³/mol. The first-order valence-corrected chi connectivity index (χ1v) is 9.23. The predicted octanol–water partition coefficient (Wildman–Crippen LogP) is 3.00. The van der Waals surface area contributed by atoms with Crippen LogP contribution < -0.4 is 9.04 Å². The molecule has 0 aromatic heterocycles. The van der Waals surface area contributed by atoms with Gasteiger partial charge in [0.25, 0.3) is 11.3 Å². The zero-order valence-corrected chi connectivity index (χ0v) is 15.0. The van der Waals surface area contributed by atoms with Crippen LogP contribution >= 0.6 is 0 Å². The summed E-state index contributed by atoms with van der Waals surface area (Å²) in [5.41, 5.74) is 0.333. The van der Waals surface area contributed by atoms with Gasteiger partial charge in [-0.3, -0.25) is 8.86 Å². The molecule has 1 fully saturated rings. The van der Waals surface area contributed by atoms with Gasteiger partial charge in [-0.2, -0.15) is 0 Å². The van der Waals surface area contributed by atoms with Gasteiger partial charge in [0.05, 0.1) is 12.8 Å². The van der Waals surface area contributed by atoms with Crippen molar-refractivity contribution >= 4 is 22.9 Å². The minimum Gasteiger partial charge on any atom is -0.489 e. The molecule has 3 rings (SSSR count). The first-order chi connectivity index (χ1) is 11.4. The van der Waals surface area contributed by atoms with Crippen LogP contribution in [0.4, 0.5) is 5.69 Å². The Hall–Kier alpha value is -1.60. The number of methoxy groups -OCH3 is 1. The molecule has 1 aromatic rings. The van der Waals surface area contributed by atoms with Gasteiger partial charge in [-0.25, -0.2) is 9.00 Å². The fourth-order valence-corrected chi connectivity index (χ4v) is 4.51. The van der Waals surface area contributed by atoms with Gasteiger partial charge >= 0.3 is 5.97 Å². The molecule has 1 N–H and O–H groups in total. The minimum absolute atomic E-state index is 0.200. The molecule has 0 radical (unpaired) electrons. The van der Waals surface area contributed by atoms with Crippen molar-refractivity contribution < 1.29 is 23.0 Å². The van der Waals surface area contributed by atoms with E-state index in [-0.39, 0.29) is 6.10 Å². The SMILES string of the molecule is COC(=O)C(C)(C)N(c1ccc2c(c1)OC1CCCCC21)S(=O)O. The number of rotatable bonds is 4. The molecule has 0 bridgehead atoms. The van der Waals surface area contributed by atoms with Gasteiger partial charge < -0.3 is 9.47 Å². The van der Waals surface area contributed by atoms with E-state index in [2.05, 4.69) is 0 Å². The van der Waals surface area contributed by atoms with E-state index >= 15 is 0 Å². The standard InChI is InChI=1S/C17H23NO5S/c1-17(2,16(19)22-3)18(24(20)21)11-8-9-13-12-6-4-5-7-14(12)23-15(13)10-11/h8-10,12,14H,4-7H2,1-3H3,(H,20,21). The second kappa shape index (κ2) is 6.37. The van der Waals surface area contributed by atoms with Crippen molar-refractivity contribution in [3.05, 3.63) is 23.8 Å². The van der Waals surface area contributed by atoms with Crippen LogP contribution in [0.2, 0.25) is 0 Å². The van der Waals surface area contributed by atoms with Crippen molar-refractivity contribution in [3.63, 3.8) is 0 Å². The molecule has 0 spiro atoms. The van der Waals surface area contributed by atoms with E-state index in [0.717, 1.165) is 28.5 Å². The Labute approximate surface area is 144 Å². The molecule has 1 saturated carbocycles. The summed E-state index contributed by atoms with van der Waals surface area (Å²) in [5, 5.41) is 0. The largest absolute Gasteiger partial charge is 0.489 e. The summed E-state index contributed by atoms with van der Waals surface area (Å²) in [4.78, 5) is 12.1. The van der Waals surface area contributed by atoms with Crippen molar-refractivity contribution in [2.45, 2.75) is 57.1 Å². The topological polar surface area (TPSA) is 76.1 Å². The summed E-state index contributed by atoms with van der Waals surface area (Å²) in [5.74, 6) is 0.574. The lowest BCUT2D eigenvalue weighted by Crippen LogP contribution is -2.51. The molecule has 24 heavy (non-hydrogen) atoms. The molecule has 1 aliphatic carbocycles. The lowest BCUT2D eigenvalue weighted by atomic mass is 9.83. The van der Waals surface area contributed by atoms with Crippen LogP contribution in [0.5, 0.6) is 5.75 Å². The number of ether oxygens (including phenoxy) is 2. The molecule has 3 atom stereocenters. The van der Waals surface area contributed by atoms with Crippen molar-refractivity contribution in [1.82, 2.24) is 0 Å². The number of carbonyl (C=O) groups is 1. The minimum atomic E-state index is -2.37. The summed E-state index contributed by atoms with van der Waals surface area (Å²) >= 11 is -2.37. The second-order valence-electron chi connectivity index (χ2n) is 6.85. The summed E-state index contributed by atoms with van der Waals surface area (Å²) in [7, 11) is 1.26. The second-order valence-corrected chi connectivity index (χ2v) is 7.67. The van der Waals surface area contributed by atoms with Crippen LogP contribution in [0.25, 0.3) is 0 Å². The molecule has 0 saturated heterocycles. The average Bonchev–Trinajstić information content (AvgIpc) is 2.91. The molecule has 1 aromatic carbocycles. The third-order valence-electron chi connectivity index (χ3n) is 4.96. The highest BCUT2D eigenvalue weighted by Crippen LogP contribution is 2.47. The number of carbonyl (C=O) groups excluding carboxylic acids is 1. The normalized spacial score (nSPS) is 23.7. The molecule has 3 unspecified atom stereocenters. The fraction of sp³-hybridized carbons (Fsp3) is 0.588. The van der Waals surface area contributed by atoms with Crippen LogP contribution in [-0.4, -0.2) is 33.5 Å². The van der Waals surface area contributed by atoms with Crippen molar-refractivity contribution in [2.24, 2.45) is 0 Å². The number of hydrogen-bond donors (Lipinski definition) is 1. The molecule has 1 aliphatic heterocycles. The highest BCUT2D eigenvalue weighted by molar-refractivity contribution is 7.80. The van der Waals surface area contributed by atoms with Crippen molar-refractivity contribution in [1.29, 1.82) is 0 Å². The zero-order chi connectivity index (χ0) is 17.5. The summed E-state index contributed by atoms with van der Waals surface area (Å²) < 4.78 is 33.6. The Balaban J connectivity index is 1.97. The van der Waals surface area contributed by atoms with Gasteiger partial charge in [0.1, 0.15) is 17.4 Å². The summed E-state index contributed by atoms with van der Waals surface area (Å²) in [6.45, 7) is 3.11. The van der Waals surface area contributed by atoms with Crippen LogP contribution in [0.1, 0.15) is 51.0 Å². The Morgan fingerprint density at radius 2 is 2.08 bits per heavy atom. The molecule has 7 heteroatoms. The van der Waals surface area contributed by atoms with E-state index < -0.39 is 22.8 Å². The average molecular weight is 353 g/mol. The molecule has 132 valence electrons. The van der Waals surface area contributed by atoms with E-state index in [1.807, 2.05) is 6.07 Å². The highest BCUT2D eigenvalue weighted by atomic mass is 32.2. The third-order valence-corrected chi connectivity index (χ3v) is 5.94. The molecule has 1 heterocycles. The molecule has 0 amide bonds. The molecule has 6 nitrogen and oxygen atoms in total. The first kappa shape index (κ1) is 17.2. The number of hydrogen-bond acceptors (Lipinski definition) is 4. The first-order valence-electron chi connectivity index (χ1n) is 8.16. The Kier molecular flexibility index (Phi) is 4.57. The van der Waals surface area contributed by atoms with Gasteiger partial charge in [0.15, 0.2) is 0 Å². The van der Waals surface area contributed by atoms with Gasteiger partial charge in [-0.05, 0) is 39.2 Å². The van der Waals surface area contributed by atoms with E-state index in [1.54, 1.807) is 26.0 Å². The maximum atomic E-state index is 12.1. The smallest absolute Gasteiger partial charge is 0.332 e. The molecular formula is C17H23NO5S. The van der Waals surface area contributed by atoms with E-state index in [1.165, 1.54) is 20.0 Å². The van der Waals surface area contributed by atoms with Gasteiger partial charge in [-0.15, -0.1) is 0 Å². The highest BCUT2D eigenvalue weighted by Gasteiger charge is 2.41. The van der Waals surface area contributed by atoms with Gasteiger partial charge in [-0.1, -0.05) is 12.5 Å². The van der Waals surface area contributed by atoms with Crippen molar-refractivity contribution in [2.75, 3.05) is 11.4 Å². The van der Waals surface area contributed by atoms with Gasteiger partial charge in [0.2, 0.25) is 0 Å². The molecular weight excluding hydrogens is 330 g/mol. The number of esters is 1. The lowest BCUT2D eigenvalue weighted by Gasteiger charge is -2.34. The maximum absolute atomic E-state index is 12.1. The summed E-state index contributed by atoms with van der Waals surface area (Å²) in [6.07, 6.45) is 4.72. The Bertz CT molecular complexity index is 675. The fourth-order valence-electron chi connectivity index (χ4n) is 3.76. The quantitative estimate of drug-likeness (QED) is 0.665. The van der Waals surface area contributed by atoms with Crippen molar-refractivity contribution in [3.8, 4) is 5.75 Å². The van der Waals surface area contributed by atoms with Crippen LogP contribution in [-0.2, 0) is 20.8 Å². The number of fused-ring (bicyclic) bond motifs is 3. The number of benzene rings is 1. The lowest BCUT2D eigenvalue weighted by molar-refractivity contribution is -0.145. The van der Waals surface area contributed by atoms with Gasteiger partial charge in [0, 0.05) is 17.5 Å². The van der Waals surface area contributed by atoms with E-state index in [0.29, 0.717) is 11.6 Å². The van der Waals surface area contributed by atoms with Crippen LogP contribution in [0.3, 0.4) is 0 Å².